The summed E-state index contributed by atoms with van der Waals surface area (Å²) in [7, 11) is 0. The number of hydrogen-bond acceptors (Lipinski definition) is 5. The van der Waals surface area contributed by atoms with Gasteiger partial charge in [-0.05, 0) is 20.3 Å². The van der Waals surface area contributed by atoms with Crippen molar-refractivity contribution < 1.29 is 19.1 Å². The SMILES string of the molecule is [C-]#[N+]C1CC(OC(=O)C(C)(C)CC)C2OC(=O)CC2C1C#N. The zero-order valence-corrected chi connectivity index (χ0v) is 13.0. The van der Waals surface area contributed by atoms with Crippen LogP contribution in [0.25, 0.3) is 4.85 Å². The van der Waals surface area contributed by atoms with E-state index in [-0.39, 0.29) is 24.7 Å². The molecular weight excluding hydrogens is 284 g/mol. The molecular formula is C16H20N2O4. The van der Waals surface area contributed by atoms with Crippen LogP contribution in [0.4, 0.5) is 0 Å². The standard InChI is InChI=1S/C16H20N2O4/c1-5-16(2,3)15(20)21-12-7-11(18-4)10(8-17)9-6-13(19)22-14(9)12/h9-12,14H,5-7H2,1-3H3. The van der Waals surface area contributed by atoms with Gasteiger partial charge < -0.3 is 14.3 Å². The fourth-order valence-corrected chi connectivity index (χ4v) is 2.95. The molecule has 6 nitrogen and oxygen atoms in total. The van der Waals surface area contributed by atoms with Crippen molar-refractivity contribution in [3.05, 3.63) is 11.4 Å². The Labute approximate surface area is 130 Å². The van der Waals surface area contributed by atoms with Gasteiger partial charge in [0.2, 0.25) is 6.04 Å². The van der Waals surface area contributed by atoms with E-state index in [2.05, 4.69) is 10.9 Å². The van der Waals surface area contributed by atoms with Crippen LogP contribution in [0.5, 0.6) is 0 Å². The molecule has 22 heavy (non-hydrogen) atoms. The molecule has 0 aromatic heterocycles. The van der Waals surface area contributed by atoms with Crippen LogP contribution in [0, 0.1) is 35.2 Å². The minimum absolute atomic E-state index is 0.111. The van der Waals surface area contributed by atoms with E-state index in [0.717, 1.165) is 0 Å². The molecule has 0 radical (unpaired) electrons. The minimum atomic E-state index is -0.640. The molecule has 1 saturated carbocycles. The molecule has 1 aliphatic heterocycles. The summed E-state index contributed by atoms with van der Waals surface area (Å²) in [6.45, 7) is 12.8. The Kier molecular flexibility index (Phi) is 4.42. The van der Waals surface area contributed by atoms with E-state index in [4.69, 9.17) is 16.0 Å². The number of nitrogens with zero attached hydrogens (tertiary/aromatic N) is 2. The molecule has 0 amide bonds. The minimum Gasteiger partial charge on any atom is -0.458 e. The second kappa shape index (κ2) is 5.96. The number of ether oxygens (including phenoxy) is 2. The number of carbonyl (C=O) groups is 2. The molecule has 2 aliphatic rings. The number of esters is 2. The predicted octanol–water partition coefficient (Wildman–Crippen LogP) is 2.10. The van der Waals surface area contributed by atoms with Crippen molar-refractivity contribution in [3.63, 3.8) is 0 Å². The van der Waals surface area contributed by atoms with Crippen molar-refractivity contribution in [3.8, 4) is 6.07 Å². The van der Waals surface area contributed by atoms with E-state index >= 15 is 0 Å². The van der Waals surface area contributed by atoms with Crippen molar-refractivity contribution in [2.75, 3.05) is 0 Å². The number of nitriles is 1. The van der Waals surface area contributed by atoms with Crippen LogP contribution < -0.4 is 0 Å². The van der Waals surface area contributed by atoms with Gasteiger partial charge in [0, 0.05) is 5.92 Å². The van der Waals surface area contributed by atoms with E-state index in [1.54, 1.807) is 13.8 Å². The molecule has 5 atom stereocenters. The molecule has 0 aromatic rings. The number of rotatable bonds is 3. The lowest BCUT2D eigenvalue weighted by atomic mass is 9.73. The average molecular weight is 304 g/mol. The summed E-state index contributed by atoms with van der Waals surface area (Å²) in [5.74, 6) is -1.67. The first-order valence-corrected chi connectivity index (χ1v) is 7.50. The third kappa shape index (κ3) is 2.78. The second-order valence-electron chi connectivity index (χ2n) is 6.59. The van der Waals surface area contributed by atoms with Gasteiger partial charge >= 0.3 is 11.9 Å². The van der Waals surface area contributed by atoms with E-state index < -0.39 is 35.6 Å². The van der Waals surface area contributed by atoms with Crippen LogP contribution >= 0.6 is 0 Å². The Balaban J connectivity index is 2.22. The fraction of sp³-hybridized carbons (Fsp3) is 0.750. The Morgan fingerprint density at radius 2 is 2.27 bits per heavy atom. The molecule has 1 aliphatic carbocycles. The lowest BCUT2D eigenvalue weighted by Gasteiger charge is -2.36. The zero-order valence-electron chi connectivity index (χ0n) is 13.0. The molecule has 2 rings (SSSR count). The predicted molar refractivity (Wildman–Crippen MR) is 76.0 cm³/mol. The smallest absolute Gasteiger partial charge is 0.311 e. The molecule has 1 heterocycles. The Morgan fingerprint density at radius 1 is 1.59 bits per heavy atom. The third-order valence-corrected chi connectivity index (χ3v) is 4.82. The maximum Gasteiger partial charge on any atom is 0.311 e. The summed E-state index contributed by atoms with van der Waals surface area (Å²) in [6, 6.07) is 1.56. The Morgan fingerprint density at radius 3 is 2.82 bits per heavy atom. The van der Waals surface area contributed by atoms with Gasteiger partial charge in [-0.25, -0.2) is 6.57 Å². The molecule has 0 aromatic carbocycles. The van der Waals surface area contributed by atoms with Crippen LogP contribution in [0.3, 0.4) is 0 Å². The average Bonchev–Trinajstić information content (AvgIpc) is 2.88. The summed E-state index contributed by atoms with van der Waals surface area (Å²) in [6.07, 6.45) is -0.272. The molecule has 0 spiro atoms. The monoisotopic (exact) mass is 304 g/mol. The highest BCUT2D eigenvalue weighted by molar-refractivity contribution is 5.76. The fourth-order valence-electron chi connectivity index (χ4n) is 2.95. The molecule has 6 heteroatoms. The Bertz CT molecular complexity index is 557. The van der Waals surface area contributed by atoms with Gasteiger partial charge in [0.05, 0.1) is 24.3 Å². The van der Waals surface area contributed by atoms with Crippen molar-refractivity contribution >= 4 is 11.9 Å². The molecule has 5 unspecified atom stereocenters. The largest absolute Gasteiger partial charge is 0.458 e. The van der Waals surface area contributed by atoms with Gasteiger partial charge in [-0.2, -0.15) is 5.26 Å². The maximum atomic E-state index is 12.3. The van der Waals surface area contributed by atoms with E-state index in [0.29, 0.717) is 6.42 Å². The summed E-state index contributed by atoms with van der Waals surface area (Å²) < 4.78 is 10.8. The van der Waals surface area contributed by atoms with Crippen LogP contribution in [0.2, 0.25) is 0 Å². The maximum absolute atomic E-state index is 12.3. The molecule has 0 N–H and O–H groups in total. The van der Waals surface area contributed by atoms with Gasteiger partial charge in [0.25, 0.3) is 0 Å². The van der Waals surface area contributed by atoms with E-state index in [9.17, 15) is 14.9 Å². The molecule has 1 saturated heterocycles. The van der Waals surface area contributed by atoms with Crippen LogP contribution in [-0.4, -0.2) is 30.2 Å². The van der Waals surface area contributed by atoms with Gasteiger partial charge in [-0.1, -0.05) is 6.92 Å². The van der Waals surface area contributed by atoms with Gasteiger partial charge in [0.1, 0.15) is 18.1 Å². The first-order valence-electron chi connectivity index (χ1n) is 7.50. The quantitative estimate of drug-likeness (QED) is 0.589. The highest BCUT2D eigenvalue weighted by Gasteiger charge is 2.56. The second-order valence-corrected chi connectivity index (χ2v) is 6.59. The zero-order chi connectivity index (χ0) is 16.5. The molecule has 0 bridgehead atoms. The topological polar surface area (TPSA) is 80.8 Å². The summed E-state index contributed by atoms with van der Waals surface area (Å²) >= 11 is 0. The van der Waals surface area contributed by atoms with Crippen molar-refractivity contribution in [1.29, 1.82) is 5.26 Å². The first-order chi connectivity index (χ1) is 10.3. The van der Waals surface area contributed by atoms with Crippen LogP contribution in [0.15, 0.2) is 0 Å². The summed E-state index contributed by atoms with van der Waals surface area (Å²) in [5, 5.41) is 9.29. The van der Waals surface area contributed by atoms with Crippen LogP contribution in [0.1, 0.15) is 40.0 Å². The van der Waals surface area contributed by atoms with Gasteiger partial charge in [0.15, 0.2) is 0 Å². The van der Waals surface area contributed by atoms with Crippen molar-refractivity contribution in [2.45, 2.75) is 58.3 Å². The number of hydrogen-bond donors (Lipinski definition) is 0. The normalized spacial score (nSPS) is 34.0. The van der Waals surface area contributed by atoms with Gasteiger partial charge in [-0.15, -0.1) is 0 Å². The summed E-state index contributed by atoms with van der Waals surface area (Å²) in [5.41, 5.74) is -0.627. The van der Waals surface area contributed by atoms with Crippen molar-refractivity contribution in [1.82, 2.24) is 0 Å². The number of carbonyl (C=O) groups excluding carboxylic acids is 2. The lowest BCUT2D eigenvalue weighted by Crippen LogP contribution is -2.48. The van der Waals surface area contributed by atoms with Crippen LogP contribution in [-0.2, 0) is 19.1 Å². The highest BCUT2D eigenvalue weighted by atomic mass is 16.6. The van der Waals surface area contributed by atoms with E-state index in [1.807, 2.05) is 6.92 Å². The van der Waals surface area contributed by atoms with E-state index in [1.165, 1.54) is 0 Å². The summed E-state index contributed by atoms with van der Waals surface area (Å²) in [4.78, 5) is 27.4. The molecule has 2 fully saturated rings. The third-order valence-electron chi connectivity index (χ3n) is 4.82. The Hall–Kier alpha value is -2.08. The van der Waals surface area contributed by atoms with Crippen molar-refractivity contribution in [2.24, 2.45) is 17.3 Å². The first kappa shape index (κ1) is 16.3. The number of fused-ring (bicyclic) bond motifs is 1. The van der Waals surface area contributed by atoms with Gasteiger partial charge in [-0.3, -0.25) is 9.59 Å². The molecule has 118 valence electrons. The highest BCUT2D eigenvalue weighted by Crippen LogP contribution is 2.42. The lowest BCUT2D eigenvalue weighted by molar-refractivity contribution is -0.174.